The smallest absolute Gasteiger partial charge is 0.130 e. The fourth-order valence-electron chi connectivity index (χ4n) is 2.73. The van der Waals surface area contributed by atoms with Crippen molar-refractivity contribution in [1.29, 1.82) is 0 Å². The van der Waals surface area contributed by atoms with E-state index in [1.807, 2.05) is 0 Å². The average molecular weight is 316 g/mol. The first-order valence-electron chi connectivity index (χ1n) is 7.72. The van der Waals surface area contributed by atoms with Gasteiger partial charge in [0, 0.05) is 5.50 Å². The lowest BCUT2D eigenvalue weighted by atomic mass is 10.1. The van der Waals surface area contributed by atoms with Crippen LogP contribution >= 0.6 is 11.6 Å². The first-order chi connectivity index (χ1) is 10.1. The van der Waals surface area contributed by atoms with E-state index < -0.39 is 8.80 Å². The monoisotopic (exact) mass is 315 g/mol. The average Bonchev–Trinajstić information content (AvgIpc) is 2.51. The van der Waals surface area contributed by atoms with Crippen LogP contribution < -0.4 is 10.4 Å². The van der Waals surface area contributed by atoms with Crippen molar-refractivity contribution in [3.63, 3.8) is 0 Å². The van der Waals surface area contributed by atoms with Crippen LogP contribution in [-0.4, -0.2) is 14.3 Å². The minimum absolute atomic E-state index is 0.727. The van der Waals surface area contributed by atoms with E-state index in [1.165, 1.54) is 32.6 Å². The lowest BCUT2D eigenvalue weighted by Gasteiger charge is -2.19. The standard InChI is InChI=1S/C19H24ClSi/c1-5-16-10-17(6-2)12-18(11-16)21(13-20)19-9-7-8-14(3)15(19)4/h7-12H,5-6,13H2,1-4H3. The van der Waals surface area contributed by atoms with Gasteiger partial charge in [0.25, 0.3) is 0 Å². The predicted molar refractivity (Wildman–Crippen MR) is 96.9 cm³/mol. The highest BCUT2D eigenvalue weighted by molar-refractivity contribution is 6.89. The molecule has 1 radical (unpaired) electrons. The van der Waals surface area contributed by atoms with Gasteiger partial charge in [-0.1, -0.05) is 60.6 Å². The summed E-state index contributed by atoms with van der Waals surface area (Å²) in [6.07, 6.45) is 2.18. The zero-order valence-electron chi connectivity index (χ0n) is 13.5. The molecule has 2 aromatic carbocycles. The molecule has 0 fully saturated rings. The van der Waals surface area contributed by atoms with Crippen molar-refractivity contribution in [2.24, 2.45) is 0 Å². The molecule has 0 heterocycles. The maximum Gasteiger partial charge on any atom is 0.136 e. The van der Waals surface area contributed by atoms with Gasteiger partial charge in [0.05, 0.1) is 0 Å². The highest BCUT2D eigenvalue weighted by atomic mass is 35.5. The number of hydrogen-bond donors (Lipinski definition) is 0. The molecule has 111 valence electrons. The molecular weight excluding hydrogens is 292 g/mol. The van der Waals surface area contributed by atoms with Crippen molar-refractivity contribution in [2.75, 3.05) is 5.50 Å². The number of halogens is 1. The van der Waals surface area contributed by atoms with Gasteiger partial charge in [-0.2, -0.15) is 0 Å². The summed E-state index contributed by atoms with van der Waals surface area (Å²) < 4.78 is 0. The summed E-state index contributed by atoms with van der Waals surface area (Å²) in [5, 5.41) is 2.92. The second-order valence-corrected chi connectivity index (χ2v) is 8.75. The lowest BCUT2D eigenvalue weighted by molar-refractivity contribution is 1.09. The van der Waals surface area contributed by atoms with E-state index in [2.05, 4.69) is 64.1 Å². The highest BCUT2D eigenvalue weighted by Crippen LogP contribution is 2.09. The molecule has 0 aliphatic carbocycles. The molecule has 2 rings (SSSR count). The predicted octanol–water partition coefficient (Wildman–Crippen LogP) is 3.82. The molecule has 0 nitrogen and oxygen atoms in total. The van der Waals surface area contributed by atoms with E-state index in [9.17, 15) is 0 Å². The molecule has 0 N–H and O–H groups in total. The van der Waals surface area contributed by atoms with Gasteiger partial charge in [0.15, 0.2) is 0 Å². The lowest BCUT2D eigenvalue weighted by Crippen LogP contribution is -2.46. The van der Waals surface area contributed by atoms with Crippen LogP contribution in [0.3, 0.4) is 0 Å². The van der Waals surface area contributed by atoms with E-state index in [1.54, 1.807) is 0 Å². The molecule has 0 spiro atoms. The maximum absolute atomic E-state index is 6.40. The second kappa shape index (κ2) is 7.28. The molecule has 2 heteroatoms. The van der Waals surface area contributed by atoms with Crippen LogP contribution in [0.5, 0.6) is 0 Å². The van der Waals surface area contributed by atoms with Crippen molar-refractivity contribution in [1.82, 2.24) is 0 Å². The fraction of sp³-hybridized carbons (Fsp3) is 0.368. The third-order valence-corrected chi connectivity index (χ3v) is 7.53. The van der Waals surface area contributed by atoms with Crippen molar-refractivity contribution in [2.45, 2.75) is 40.5 Å². The third kappa shape index (κ3) is 3.59. The molecular formula is C19H24ClSi. The van der Waals surface area contributed by atoms with Gasteiger partial charge in [-0.15, -0.1) is 11.6 Å². The topological polar surface area (TPSA) is 0 Å². The maximum atomic E-state index is 6.40. The van der Waals surface area contributed by atoms with Gasteiger partial charge < -0.3 is 0 Å². The van der Waals surface area contributed by atoms with Gasteiger partial charge >= 0.3 is 0 Å². The Labute approximate surface area is 135 Å². The van der Waals surface area contributed by atoms with Crippen molar-refractivity contribution in [3.8, 4) is 0 Å². The zero-order valence-corrected chi connectivity index (χ0v) is 15.2. The number of aryl methyl sites for hydroxylation is 3. The Morgan fingerprint density at radius 1 is 0.952 bits per heavy atom. The molecule has 0 aliphatic heterocycles. The first-order valence-corrected chi connectivity index (χ1v) is 9.96. The number of alkyl halides is 1. The first kappa shape index (κ1) is 16.3. The number of rotatable bonds is 5. The minimum Gasteiger partial charge on any atom is -0.130 e. The Balaban J connectivity index is 2.53. The number of hydrogen-bond acceptors (Lipinski definition) is 0. The quantitative estimate of drug-likeness (QED) is 0.581. The Bertz CT molecular complexity index is 597. The Morgan fingerprint density at radius 3 is 2.10 bits per heavy atom. The second-order valence-electron chi connectivity index (χ2n) is 5.60. The minimum atomic E-state index is -0.890. The Morgan fingerprint density at radius 2 is 1.57 bits per heavy atom. The van der Waals surface area contributed by atoms with E-state index in [4.69, 9.17) is 11.6 Å². The molecule has 0 saturated carbocycles. The summed E-state index contributed by atoms with van der Waals surface area (Å²) in [6, 6.07) is 13.7. The molecule has 0 aromatic heterocycles. The van der Waals surface area contributed by atoms with Gasteiger partial charge in [-0.05, 0) is 48.9 Å². The molecule has 0 bridgehead atoms. The molecule has 0 saturated heterocycles. The van der Waals surface area contributed by atoms with Crippen molar-refractivity contribution >= 4 is 30.8 Å². The molecule has 21 heavy (non-hydrogen) atoms. The summed E-state index contributed by atoms with van der Waals surface area (Å²) in [7, 11) is -0.890. The third-order valence-electron chi connectivity index (χ3n) is 4.28. The normalized spacial score (nSPS) is 11.1. The summed E-state index contributed by atoms with van der Waals surface area (Å²) in [5.74, 6) is 0. The summed E-state index contributed by atoms with van der Waals surface area (Å²) in [5.41, 5.74) is 6.37. The van der Waals surface area contributed by atoms with Crippen LogP contribution in [0.15, 0.2) is 36.4 Å². The van der Waals surface area contributed by atoms with Crippen molar-refractivity contribution < 1.29 is 0 Å². The van der Waals surface area contributed by atoms with E-state index in [0.717, 1.165) is 18.3 Å². The molecule has 0 unspecified atom stereocenters. The largest absolute Gasteiger partial charge is 0.136 e. The van der Waals surface area contributed by atoms with E-state index >= 15 is 0 Å². The van der Waals surface area contributed by atoms with Gasteiger partial charge in [0.2, 0.25) is 0 Å². The van der Waals surface area contributed by atoms with E-state index in [0.29, 0.717) is 0 Å². The molecule has 0 amide bonds. The summed E-state index contributed by atoms with van der Waals surface area (Å²) >= 11 is 6.40. The molecule has 2 aromatic rings. The van der Waals surface area contributed by atoms with Gasteiger partial charge in [-0.25, -0.2) is 0 Å². The Hall–Kier alpha value is -1.05. The number of benzene rings is 2. The van der Waals surface area contributed by atoms with Crippen LogP contribution in [0, 0.1) is 13.8 Å². The van der Waals surface area contributed by atoms with E-state index in [-0.39, 0.29) is 0 Å². The van der Waals surface area contributed by atoms with Gasteiger partial charge in [0.1, 0.15) is 8.80 Å². The van der Waals surface area contributed by atoms with Crippen LogP contribution in [0.4, 0.5) is 0 Å². The SMILES string of the molecule is CCc1cc(CC)cc([Si](CCl)c2cccc(C)c2C)c1. The van der Waals surface area contributed by atoms with Gasteiger partial charge in [-0.3, -0.25) is 0 Å². The molecule has 0 atom stereocenters. The van der Waals surface area contributed by atoms with Crippen LogP contribution in [0.2, 0.25) is 0 Å². The van der Waals surface area contributed by atoms with Crippen molar-refractivity contribution in [3.05, 3.63) is 58.7 Å². The van der Waals surface area contributed by atoms with Crippen LogP contribution in [0.1, 0.15) is 36.1 Å². The fourth-order valence-corrected chi connectivity index (χ4v) is 5.90. The van der Waals surface area contributed by atoms with Crippen LogP contribution in [0.25, 0.3) is 0 Å². The summed E-state index contributed by atoms with van der Waals surface area (Å²) in [6.45, 7) is 8.87. The highest BCUT2D eigenvalue weighted by Gasteiger charge is 2.19. The summed E-state index contributed by atoms with van der Waals surface area (Å²) in [4.78, 5) is 0. The van der Waals surface area contributed by atoms with Crippen LogP contribution in [-0.2, 0) is 12.8 Å². The Kier molecular flexibility index (Phi) is 5.66. The molecule has 0 aliphatic rings. The zero-order chi connectivity index (χ0) is 15.4.